The molecule has 3 nitrogen and oxygen atoms in total. The Bertz CT molecular complexity index is 597. The zero-order valence-electron chi connectivity index (χ0n) is 10.0. The van der Waals surface area contributed by atoms with Crippen LogP contribution in [-0.2, 0) is 6.18 Å². The van der Waals surface area contributed by atoms with Crippen LogP contribution in [0, 0.1) is 0 Å². The first-order valence-corrected chi connectivity index (χ1v) is 5.39. The first-order valence-electron chi connectivity index (χ1n) is 5.39. The summed E-state index contributed by atoms with van der Waals surface area (Å²) in [5.41, 5.74) is 5.63. The van der Waals surface area contributed by atoms with Gasteiger partial charge in [0.15, 0.2) is 0 Å². The van der Waals surface area contributed by atoms with Crippen molar-refractivity contribution < 1.29 is 17.9 Å². The third-order valence-electron chi connectivity index (χ3n) is 2.61. The molecule has 0 amide bonds. The molecule has 1 aromatic carbocycles. The van der Waals surface area contributed by atoms with Gasteiger partial charge in [0.05, 0.1) is 12.7 Å². The predicted molar refractivity (Wildman–Crippen MR) is 65.6 cm³/mol. The number of nitrogens with zero attached hydrogens (tertiary/aromatic N) is 1. The number of ether oxygens (including phenoxy) is 1. The molecule has 19 heavy (non-hydrogen) atoms. The van der Waals surface area contributed by atoms with Gasteiger partial charge in [-0.2, -0.15) is 13.2 Å². The second-order valence-electron chi connectivity index (χ2n) is 3.89. The topological polar surface area (TPSA) is 48.1 Å². The van der Waals surface area contributed by atoms with Crippen molar-refractivity contribution in [3.8, 4) is 16.9 Å². The summed E-state index contributed by atoms with van der Waals surface area (Å²) >= 11 is 0. The molecule has 6 heteroatoms. The smallest absolute Gasteiger partial charge is 0.416 e. The standard InChI is InChI=1S/C13H11F3N2O/c1-19-11-6-12(17)18-7-10(11)8-3-2-4-9(5-8)13(14,15)16/h2-7H,1H3,(H2,17,18). The molecular weight excluding hydrogens is 257 g/mol. The zero-order chi connectivity index (χ0) is 14.0. The van der Waals surface area contributed by atoms with Gasteiger partial charge in [0.2, 0.25) is 0 Å². The Labute approximate surface area is 107 Å². The Balaban J connectivity index is 2.53. The molecule has 100 valence electrons. The number of anilines is 1. The zero-order valence-corrected chi connectivity index (χ0v) is 10.0. The number of halogens is 3. The second kappa shape index (κ2) is 4.79. The van der Waals surface area contributed by atoms with E-state index in [4.69, 9.17) is 10.5 Å². The van der Waals surface area contributed by atoms with Crippen LogP contribution in [0.25, 0.3) is 11.1 Å². The fourth-order valence-corrected chi connectivity index (χ4v) is 1.70. The van der Waals surface area contributed by atoms with Crippen molar-refractivity contribution in [2.45, 2.75) is 6.18 Å². The van der Waals surface area contributed by atoms with Gasteiger partial charge >= 0.3 is 6.18 Å². The monoisotopic (exact) mass is 268 g/mol. The lowest BCUT2D eigenvalue weighted by Gasteiger charge is -2.11. The minimum atomic E-state index is -4.38. The number of hydrogen-bond acceptors (Lipinski definition) is 3. The average Bonchev–Trinajstić information content (AvgIpc) is 2.37. The van der Waals surface area contributed by atoms with Gasteiger partial charge in [0.25, 0.3) is 0 Å². The molecule has 0 saturated heterocycles. The van der Waals surface area contributed by atoms with Crippen molar-refractivity contribution in [3.63, 3.8) is 0 Å². The van der Waals surface area contributed by atoms with Gasteiger partial charge in [0.1, 0.15) is 11.6 Å². The van der Waals surface area contributed by atoms with Gasteiger partial charge in [-0.3, -0.25) is 0 Å². The number of pyridine rings is 1. The van der Waals surface area contributed by atoms with Crippen LogP contribution < -0.4 is 10.5 Å². The van der Waals surface area contributed by atoms with Crippen LogP contribution in [-0.4, -0.2) is 12.1 Å². The van der Waals surface area contributed by atoms with Crippen LogP contribution in [0.4, 0.5) is 19.0 Å². The molecule has 0 aliphatic rings. The van der Waals surface area contributed by atoms with Crippen molar-refractivity contribution in [1.82, 2.24) is 4.98 Å². The van der Waals surface area contributed by atoms with Crippen LogP contribution in [0.5, 0.6) is 5.75 Å². The first kappa shape index (κ1) is 13.2. The summed E-state index contributed by atoms with van der Waals surface area (Å²) in [5, 5.41) is 0. The third-order valence-corrected chi connectivity index (χ3v) is 2.61. The van der Waals surface area contributed by atoms with Crippen molar-refractivity contribution in [3.05, 3.63) is 42.1 Å². The molecule has 0 aliphatic heterocycles. The number of benzene rings is 1. The lowest BCUT2D eigenvalue weighted by molar-refractivity contribution is -0.137. The van der Waals surface area contributed by atoms with Crippen molar-refractivity contribution in [2.24, 2.45) is 0 Å². The Morgan fingerprint density at radius 1 is 1.21 bits per heavy atom. The third kappa shape index (κ3) is 2.78. The molecule has 0 radical (unpaired) electrons. The number of nitrogens with two attached hydrogens (primary N) is 1. The summed E-state index contributed by atoms with van der Waals surface area (Å²) in [4.78, 5) is 3.87. The highest BCUT2D eigenvalue weighted by Crippen LogP contribution is 2.35. The van der Waals surface area contributed by atoms with Gasteiger partial charge < -0.3 is 10.5 Å². The molecular formula is C13H11F3N2O. The fourth-order valence-electron chi connectivity index (χ4n) is 1.70. The summed E-state index contributed by atoms with van der Waals surface area (Å²) in [6, 6.07) is 6.44. The van der Waals surface area contributed by atoms with E-state index in [-0.39, 0.29) is 5.82 Å². The molecule has 1 aromatic heterocycles. The quantitative estimate of drug-likeness (QED) is 0.908. The van der Waals surface area contributed by atoms with E-state index in [1.54, 1.807) is 6.07 Å². The fraction of sp³-hybridized carbons (Fsp3) is 0.154. The Kier molecular flexibility index (Phi) is 3.33. The minimum Gasteiger partial charge on any atom is -0.496 e. The highest BCUT2D eigenvalue weighted by atomic mass is 19.4. The lowest BCUT2D eigenvalue weighted by Crippen LogP contribution is -2.04. The molecule has 0 unspecified atom stereocenters. The second-order valence-corrected chi connectivity index (χ2v) is 3.89. The normalized spacial score (nSPS) is 11.4. The Morgan fingerprint density at radius 3 is 2.58 bits per heavy atom. The molecule has 0 fully saturated rings. The molecule has 2 aromatic rings. The Morgan fingerprint density at radius 2 is 1.95 bits per heavy atom. The number of aromatic nitrogens is 1. The highest BCUT2D eigenvalue weighted by molar-refractivity contribution is 5.71. The number of nitrogen functional groups attached to an aromatic ring is 1. The Hall–Kier alpha value is -2.24. The predicted octanol–water partition coefficient (Wildman–Crippen LogP) is 3.36. The minimum absolute atomic E-state index is 0.243. The van der Waals surface area contributed by atoms with E-state index >= 15 is 0 Å². The van der Waals surface area contributed by atoms with Crippen molar-refractivity contribution in [1.29, 1.82) is 0 Å². The maximum Gasteiger partial charge on any atom is 0.416 e. The number of hydrogen-bond donors (Lipinski definition) is 1. The van der Waals surface area contributed by atoms with Crippen LogP contribution >= 0.6 is 0 Å². The van der Waals surface area contributed by atoms with Gasteiger partial charge in [-0.05, 0) is 17.7 Å². The number of methoxy groups -OCH3 is 1. The van der Waals surface area contributed by atoms with Gasteiger partial charge in [-0.25, -0.2) is 4.98 Å². The number of alkyl halides is 3. The van der Waals surface area contributed by atoms with E-state index in [9.17, 15) is 13.2 Å². The van der Waals surface area contributed by atoms with E-state index < -0.39 is 11.7 Å². The van der Waals surface area contributed by atoms with Crippen LogP contribution in [0.1, 0.15) is 5.56 Å². The molecule has 1 heterocycles. The van der Waals surface area contributed by atoms with Crippen LogP contribution in [0.15, 0.2) is 36.5 Å². The van der Waals surface area contributed by atoms with Crippen LogP contribution in [0.2, 0.25) is 0 Å². The summed E-state index contributed by atoms with van der Waals surface area (Å²) in [6.07, 6.45) is -2.99. The van der Waals surface area contributed by atoms with Gasteiger partial charge in [-0.1, -0.05) is 12.1 Å². The van der Waals surface area contributed by atoms with E-state index in [0.29, 0.717) is 16.9 Å². The van der Waals surface area contributed by atoms with Gasteiger partial charge in [-0.15, -0.1) is 0 Å². The first-order chi connectivity index (χ1) is 8.91. The highest BCUT2D eigenvalue weighted by Gasteiger charge is 2.30. The van der Waals surface area contributed by atoms with E-state index in [1.165, 1.54) is 25.4 Å². The molecule has 0 atom stereocenters. The van der Waals surface area contributed by atoms with E-state index in [1.807, 2.05) is 0 Å². The maximum atomic E-state index is 12.7. The molecule has 0 bridgehead atoms. The maximum absolute atomic E-state index is 12.7. The number of rotatable bonds is 2. The van der Waals surface area contributed by atoms with Crippen molar-refractivity contribution in [2.75, 3.05) is 12.8 Å². The summed E-state index contributed by atoms with van der Waals surface area (Å²) in [6.45, 7) is 0. The molecule has 0 aliphatic carbocycles. The van der Waals surface area contributed by atoms with E-state index in [0.717, 1.165) is 12.1 Å². The molecule has 0 spiro atoms. The summed E-state index contributed by atoms with van der Waals surface area (Å²) in [5.74, 6) is 0.624. The molecule has 2 N–H and O–H groups in total. The SMILES string of the molecule is COc1cc(N)ncc1-c1cccc(C(F)(F)F)c1. The van der Waals surface area contributed by atoms with Gasteiger partial charge in [0, 0.05) is 17.8 Å². The lowest BCUT2D eigenvalue weighted by atomic mass is 10.0. The molecule has 0 saturated carbocycles. The largest absolute Gasteiger partial charge is 0.496 e. The summed E-state index contributed by atoms with van der Waals surface area (Å²) < 4.78 is 43.1. The van der Waals surface area contributed by atoms with Crippen LogP contribution in [0.3, 0.4) is 0 Å². The van der Waals surface area contributed by atoms with Crippen molar-refractivity contribution >= 4 is 5.82 Å². The van der Waals surface area contributed by atoms with E-state index in [2.05, 4.69) is 4.98 Å². The molecule has 2 rings (SSSR count). The average molecular weight is 268 g/mol. The summed E-state index contributed by atoms with van der Waals surface area (Å²) in [7, 11) is 1.42.